The van der Waals surface area contributed by atoms with E-state index in [1.807, 2.05) is 0 Å². The molecule has 0 aliphatic carbocycles. The Bertz CT molecular complexity index is 936. The van der Waals surface area contributed by atoms with Crippen LogP contribution in [0, 0.1) is 0 Å². The minimum atomic E-state index is -4.56. The number of hydrogen-bond donors (Lipinski definition) is 2. The van der Waals surface area contributed by atoms with E-state index in [-0.39, 0.29) is 23.7 Å². The van der Waals surface area contributed by atoms with Crippen molar-refractivity contribution in [2.24, 2.45) is 0 Å². The van der Waals surface area contributed by atoms with Crippen LogP contribution in [0.5, 0.6) is 11.8 Å². The van der Waals surface area contributed by atoms with E-state index in [4.69, 9.17) is 9.47 Å². The molecule has 0 spiro atoms. The van der Waals surface area contributed by atoms with E-state index in [9.17, 15) is 28.2 Å². The molecule has 1 aromatic heterocycles. The molecule has 1 saturated heterocycles. The lowest BCUT2D eigenvalue weighted by Gasteiger charge is -2.25. The summed E-state index contributed by atoms with van der Waals surface area (Å²) in [5, 5.41) is 21.4. The molecule has 2 bridgehead atoms. The van der Waals surface area contributed by atoms with Crippen molar-refractivity contribution in [2.45, 2.75) is 37.6 Å². The zero-order chi connectivity index (χ0) is 19.6. The number of hydrogen-bond acceptors (Lipinski definition) is 5. The van der Waals surface area contributed by atoms with Gasteiger partial charge in [-0.1, -0.05) is 6.07 Å². The number of nitrogens with zero attached hydrogens (tertiary/aromatic N) is 1. The number of aromatic hydroxyl groups is 2. The molecule has 9 heteroatoms. The Hall–Kier alpha value is -2.68. The standard InChI is InChI=1S/C18H16F3NO5/c1-9(23)26-8-17-6-5-12(27-17)13-14(17)16(25)22(15(13)24)11-4-2-3-10(7-11)18(19,20)21/h2-4,7,12,24-25H,5-6,8H2,1H3. The fraction of sp³-hybridized carbons (Fsp3) is 0.389. The minimum Gasteiger partial charge on any atom is -0.494 e. The predicted octanol–water partition coefficient (Wildman–Crippen LogP) is 3.53. The number of fused-ring (bicyclic) bond motifs is 5. The summed E-state index contributed by atoms with van der Waals surface area (Å²) >= 11 is 0. The third-order valence-electron chi connectivity index (χ3n) is 5.05. The number of carbonyl (C=O) groups excluding carboxylic acids is 1. The van der Waals surface area contributed by atoms with Crippen molar-refractivity contribution in [1.82, 2.24) is 4.57 Å². The monoisotopic (exact) mass is 383 g/mol. The highest BCUT2D eigenvalue weighted by molar-refractivity contribution is 5.66. The van der Waals surface area contributed by atoms with Crippen LogP contribution in [0.2, 0.25) is 0 Å². The van der Waals surface area contributed by atoms with E-state index < -0.39 is 35.3 Å². The van der Waals surface area contributed by atoms with Gasteiger partial charge in [-0.05, 0) is 31.0 Å². The molecule has 27 heavy (non-hydrogen) atoms. The van der Waals surface area contributed by atoms with Gasteiger partial charge in [0.25, 0.3) is 0 Å². The maximum atomic E-state index is 13.0. The van der Waals surface area contributed by atoms with Gasteiger partial charge in [0.2, 0.25) is 11.8 Å². The number of ether oxygens (including phenoxy) is 2. The van der Waals surface area contributed by atoms with Crippen molar-refractivity contribution in [2.75, 3.05) is 6.61 Å². The van der Waals surface area contributed by atoms with Crippen LogP contribution in [0.3, 0.4) is 0 Å². The van der Waals surface area contributed by atoms with Gasteiger partial charge in [0.1, 0.15) is 12.2 Å². The fourth-order valence-electron chi connectivity index (χ4n) is 3.92. The van der Waals surface area contributed by atoms with E-state index in [1.165, 1.54) is 19.1 Å². The zero-order valence-corrected chi connectivity index (χ0v) is 14.2. The van der Waals surface area contributed by atoms with Crippen LogP contribution in [-0.4, -0.2) is 27.4 Å². The second-order valence-electron chi connectivity index (χ2n) is 6.74. The highest BCUT2D eigenvalue weighted by Crippen LogP contribution is 2.61. The van der Waals surface area contributed by atoms with Crippen molar-refractivity contribution < 1.29 is 37.7 Å². The van der Waals surface area contributed by atoms with Crippen molar-refractivity contribution >= 4 is 5.97 Å². The maximum Gasteiger partial charge on any atom is 0.416 e. The molecule has 1 aromatic carbocycles. The topological polar surface area (TPSA) is 80.9 Å². The first kappa shape index (κ1) is 17.7. The summed E-state index contributed by atoms with van der Waals surface area (Å²) in [5.74, 6) is -1.32. The van der Waals surface area contributed by atoms with Crippen LogP contribution < -0.4 is 0 Å². The largest absolute Gasteiger partial charge is 0.494 e. The summed E-state index contributed by atoms with van der Waals surface area (Å²) < 4.78 is 50.9. The Balaban J connectivity index is 1.83. The van der Waals surface area contributed by atoms with Gasteiger partial charge >= 0.3 is 12.1 Å². The fourth-order valence-corrected chi connectivity index (χ4v) is 3.92. The summed E-state index contributed by atoms with van der Waals surface area (Å²) in [7, 11) is 0. The van der Waals surface area contributed by atoms with Crippen LogP contribution in [0.1, 0.15) is 42.6 Å². The quantitative estimate of drug-likeness (QED) is 0.793. The van der Waals surface area contributed by atoms with E-state index in [0.717, 1.165) is 16.7 Å². The van der Waals surface area contributed by atoms with Gasteiger partial charge in [0, 0.05) is 6.92 Å². The first-order valence-corrected chi connectivity index (χ1v) is 8.30. The Morgan fingerprint density at radius 1 is 1.37 bits per heavy atom. The lowest BCUT2D eigenvalue weighted by molar-refractivity contribution is -0.151. The van der Waals surface area contributed by atoms with E-state index in [0.29, 0.717) is 18.4 Å². The molecule has 4 rings (SSSR count). The van der Waals surface area contributed by atoms with Gasteiger partial charge < -0.3 is 19.7 Å². The van der Waals surface area contributed by atoms with Gasteiger partial charge in [-0.25, -0.2) is 0 Å². The first-order valence-electron chi connectivity index (χ1n) is 8.30. The Morgan fingerprint density at radius 2 is 2.11 bits per heavy atom. The molecular formula is C18H16F3NO5. The van der Waals surface area contributed by atoms with Gasteiger partial charge in [-0.2, -0.15) is 13.2 Å². The van der Waals surface area contributed by atoms with Crippen LogP contribution in [0.25, 0.3) is 5.69 Å². The number of benzene rings is 1. The zero-order valence-electron chi connectivity index (χ0n) is 14.2. The van der Waals surface area contributed by atoms with Gasteiger partial charge in [0.15, 0.2) is 0 Å². The average molecular weight is 383 g/mol. The summed E-state index contributed by atoms with van der Waals surface area (Å²) in [4.78, 5) is 11.2. The number of rotatable bonds is 3. The summed E-state index contributed by atoms with van der Waals surface area (Å²) in [5.41, 5.74) is -1.46. The number of carbonyl (C=O) groups is 1. The van der Waals surface area contributed by atoms with E-state index in [2.05, 4.69) is 0 Å². The number of halogens is 3. The van der Waals surface area contributed by atoms with Crippen LogP contribution in [-0.2, 0) is 26.0 Å². The smallest absolute Gasteiger partial charge is 0.416 e. The Labute approximate surface area is 151 Å². The van der Waals surface area contributed by atoms with Gasteiger partial charge in [-0.15, -0.1) is 0 Å². The Kier molecular flexibility index (Phi) is 3.71. The number of alkyl halides is 3. The molecular weight excluding hydrogens is 367 g/mol. The van der Waals surface area contributed by atoms with Crippen LogP contribution in [0.15, 0.2) is 24.3 Å². The predicted molar refractivity (Wildman–Crippen MR) is 85.5 cm³/mol. The molecule has 1 fully saturated rings. The highest BCUT2D eigenvalue weighted by atomic mass is 19.4. The normalized spacial score (nSPS) is 23.5. The average Bonchev–Trinajstić information content (AvgIpc) is 3.23. The van der Waals surface area contributed by atoms with Crippen LogP contribution >= 0.6 is 0 Å². The molecule has 0 saturated carbocycles. The van der Waals surface area contributed by atoms with Gasteiger partial charge in [0.05, 0.1) is 28.5 Å². The molecule has 144 valence electrons. The molecule has 3 heterocycles. The summed E-state index contributed by atoms with van der Waals surface area (Å²) in [6.45, 7) is 1.09. The van der Waals surface area contributed by atoms with E-state index >= 15 is 0 Å². The molecule has 6 nitrogen and oxygen atoms in total. The molecule has 2 atom stereocenters. The SMILES string of the molecule is CC(=O)OCC12CCC(O1)c1c2c(O)n(-c2cccc(C(F)(F)F)c2)c1O. The van der Waals surface area contributed by atoms with Crippen molar-refractivity contribution in [3.63, 3.8) is 0 Å². The second-order valence-corrected chi connectivity index (χ2v) is 6.74. The molecule has 2 N–H and O–H groups in total. The molecule has 2 unspecified atom stereocenters. The lowest BCUT2D eigenvalue weighted by atomic mass is 9.85. The lowest BCUT2D eigenvalue weighted by Crippen LogP contribution is -2.30. The number of aromatic nitrogens is 1. The minimum absolute atomic E-state index is 0.0312. The first-order chi connectivity index (χ1) is 12.6. The third-order valence-corrected chi connectivity index (χ3v) is 5.05. The molecule has 2 aliphatic rings. The maximum absolute atomic E-state index is 13.0. The van der Waals surface area contributed by atoms with Gasteiger partial charge in [-0.3, -0.25) is 9.36 Å². The number of esters is 1. The molecule has 2 aromatic rings. The summed E-state index contributed by atoms with van der Waals surface area (Å²) in [6.07, 6.45) is -4.09. The van der Waals surface area contributed by atoms with E-state index in [1.54, 1.807) is 0 Å². The third kappa shape index (κ3) is 2.56. The van der Waals surface area contributed by atoms with Crippen molar-refractivity contribution in [3.05, 3.63) is 41.0 Å². The highest BCUT2D eigenvalue weighted by Gasteiger charge is 2.56. The van der Waals surface area contributed by atoms with Crippen molar-refractivity contribution in [1.29, 1.82) is 0 Å². The van der Waals surface area contributed by atoms with Crippen LogP contribution in [0.4, 0.5) is 13.2 Å². The molecule has 0 radical (unpaired) electrons. The second kappa shape index (κ2) is 5.66. The van der Waals surface area contributed by atoms with Crippen molar-refractivity contribution in [3.8, 4) is 17.4 Å². The molecule has 0 amide bonds. The Morgan fingerprint density at radius 3 is 2.78 bits per heavy atom. The summed E-state index contributed by atoms with van der Waals surface area (Å²) in [6, 6.07) is 4.30. The molecule has 2 aliphatic heterocycles.